The number of aromatic nitrogens is 1. The van der Waals surface area contributed by atoms with Crippen LogP contribution in [-0.4, -0.2) is 35.1 Å². The minimum absolute atomic E-state index is 0.200. The first-order valence-corrected chi connectivity index (χ1v) is 7.64. The Morgan fingerprint density at radius 1 is 1.28 bits per heavy atom. The Labute approximate surface area is 142 Å². The van der Waals surface area contributed by atoms with E-state index >= 15 is 0 Å². The Balaban J connectivity index is 1.56. The Kier molecular flexibility index (Phi) is 4.52. The van der Waals surface area contributed by atoms with Crippen molar-refractivity contribution >= 4 is 11.7 Å². The molecule has 1 aromatic carbocycles. The molecule has 132 valence electrons. The van der Waals surface area contributed by atoms with Crippen molar-refractivity contribution in [1.82, 2.24) is 9.88 Å². The number of benzene rings is 1. The standard InChI is InChI=1S/C17H16F3N3O2/c1-11-4-2-5-12(8-11)22-16(24)23-9-13(10-23)25-15-14(17(18,19)20)6-3-7-21-15/h2-8,13H,9-10H2,1H3,(H,22,24). The van der Waals surface area contributed by atoms with Crippen LogP contribution in [0.25, 0.3) is 0 Å². The highest BCUT2D eigenvalue weighted by Gasteiger charge is 2.38. The van der Waals surface area contributed by atoms with Gasteiger partial charge in [0.15, 0.2) is 0 Å². The number of hydrogen-bond donors (Lipinski definition) is 1. The molecule has 1 aliphatic rings. The first-order valence-electron chi connectivity index (χ1n) is 7.64. The number of carbonyl (C=O) groups excluding carboxylic acids is 1. The second kappa shape index (κ2) is 6.62. The summed E-state index contributed by atoms with van der Waals surface area (Å²) in [5.74, 6) is -0.459. The van der Waals surface area contributed by atoms with Crippen molar-refractivity contribution in [2.75, 3.05) is 18.4 Å². The number of pyridine rings is 1. The third-order valence-electron chi connectivity index (χ3n) is 3.76. The van der Waals surface area contributed by atoms with Gasteiger partial charge in [-0.2, -0.15) is 13.2 Å². The van der Waals surface area contributed by atoms with E-state index in [1.807, 2.05) is 25.1 Å². The lowest BCUT2D eigenvalue weighted by Gasteiger charge is -2.38. The van der Waals surface area contributed by atoms with E-state index in [9.17, 15) is 18.0 Å². The monoisotopic (exact) mass is 351 g/mol. The summed E-state index contributed by atoms with van der Waals surface area (Å²) in [6.45, 7) is 2.31. The second-order valence-electron chi connectivity index (χ2n) is 5.80. The molecule has 0 unspecified atom stereocenters. The molecule has 0 bridgehead atoms. The molecule has 25 heavy (non-hydrogen) atoms. The van der Waals surface area contributed by atoms with Crippen molar-refractivity contribution < 1.29 is 22.7 Å². The van der Waals surface area contributed by atoms with Gasteiger partial charge >= 0.3 is 12.2 Å². The van der Waals surface area contributed by atoms with Crippen molar-refractivity contribution in [1.29, 1.82) is 0 Å². The fraction of sp³-hybridized carbons (Fsp3) is 0.294. The summed E-state index contributed by atoms with van der Waals surface area (Å²) in [4.78, 5) is 17.2. The third kappa shape index (κ3) is 4.01. The van der Waals surface area contributed by atoms with Crippen LogP contribution < -0.4 is 10.1 Å². The lowest BCUT2D eigenvalue weighted by Crippen LogP contribution is -2.57. The zero-order valence-electron chi connectivity index (χ0n) is 13.4. The van der Waals surface area contributed by atoms with E-state index in [0.717, 1.165) is 11.6 Å². The summed E-state index contributed by atoms with van der Waals surface area (Å²) in [6.07, 6.45) is -3.81. The predicted molar refractivity (Wildman–Crippen MR) is 85.4 cm³/mol. The molecule has 0 radical (unpaired) electrons. The number of halogens is 3. The Bertz CT molecular complexity index is 774. The first-order chi connectivity index (χ1) is 11.8. The van der Waals surface area contributed by atoms with Crippen LogP contribution in [0, 0.1) is 6.92 Å². The van der Waals surface area contributed by atoms with Crippen LogP contribution in [-0.2, 0) is 6.18 Å². The molecular formula is C17H16F3N3O2. The zero-order chi connectivity index (χ0) is 18.0. The van der Waals surface area contributed by atoms with E-state index in [1.165, 1.54) is 17.2 Å². The van der Waals surface area contributed by atoms with Gasteiger partial charge in [0.05, 0.1) is 13.1 Å². The number of amides is 2. The number of nitrogens with zero attached hydrogens (tertiary/aromatic N) is 2. The molecule has 1 aliphatic heterocycles. The van der Waals surface area contributed by atoms with Crippen LogP contribution in [0.15, 0.2) is 42.6 Å². The Morgan fingerprint density at radius 2 is 2.04 bits per heavy atom. The average Bonchev–Trinajstić information content (AvgIpc) is 2.49. The molecule has 0 aliphatic carbocycles. The number of urea groups is 1. The summed E-state index contributed by atoms with van der Waals surface area (Å²) < 4.78 is 44.0. The maximum atomic E-state index is 12.9. The summed E-state index contributed by atoms with van der Waals surface area (Å²) in [5.41, 5.74) is 0.758. The van der Waals surface area contributed by atoms with Gasteiger partial charge in [0, 0.05) is 11.9 Å². The average molecular weight is 351 g/mol. The summed E-state index contributed by atoms with van der Waals surface area (Å²) in [6, 6.07) is 9.14. The highest BCUT2D eigenvalue weighted by Crippen LogP contribution is 2.35. The molecule has 1 fully saturated rings. The number of likely N-dealkylation sites (tertiary alicyclic amines) is 1. The number of anilines is 1. The molecule has 0 atom stereocenters. The third-order valence-corrected chi connectivity index (χ3v) is 3.76. The summed E-state index contributed by atoms with van der Waals surface area (Å²) in [7, 11) is 0. The Morgan fingerprint density at radius 3 is 2.72 bits per heavy atom. The molecular weight excluding hydrogens is 335 g/mol. The SMILES string of the molecule is Cc1cccc(NC(=O)N2CC(Oc3ncccc3C(F)(F)F)C2)c1. The second-order valence-corrected chi connectivity index (χ2v) is 5.80. The lowest BCUT2D eigenvalue weighted by atomic mass is 10.1. The molecule has 5 nitrogen and oxygen atoms in total. The summed E-state index contributed by atoms with van der Waals surface area (Å²) >= 11 is 0. The number of ether oxygens (including phenoxy) is 1. The van der Waals surface area contributed by atoms with Gasteiger partial charge in [-0.3, -0.25) is 0 Å². The molecule has 1 saturated heterocycles. The van der Waals surface area contributed by atoms with Crippen molar-refractivity contribution in [3.05, 3.63) is 53.7 Å². The molecule has 1 aromatic heterocycles. The van der Waals surface area contributed by atoms with Crippen molar-refractivity contribution in [3.63, 3.8) is 0 Å². The van der Waals surface area contributed by atoms with Crippen molar-refractivity contribution in [2.24, 2.45) is 0 Å². The Hall–Kier alpha value is -2.77. The van der Waals surface area contributed by atoms with Gasteiger partial charge < -0.3 is 15.0 Å². The van der Waals surface area contributed by atoms with Crippen molar-refractivity contribution in [2.45, 2.75) is 19.2 Å². The van der Waals surface area contributed by atoms with E-state index in [2.05, 4.69) is 10.3 Å². The van der Waals surface area contributed by atoms with Crippen LogP contribution in [0.3, 0.4) is 0 Å². The normalized spacial score (nSPS) is 14.8. The van der Waals surface area contributed by atoms with Gasteiger partial charge in [-0.15, -0.1) is 0 Å². The van der Waals surface area contributed by atoms with E-state index in [-0.39, 0.29) is 19.1 Å². The maximum Gasteiger partial charge on any atom is 0.421 e. The van der Waals surface area contributed by atoms with Gasteiger partial charge in [0.2, 0.25) is 5.88 Å². The predicted octanol–water partition coefficient (Wildman–Crippen LogP) is 3.70. The topological polar surface area (TPSA) is 54.5 Å². The van der Waals surface area contributed by atoms with Gasteiger partial charge in [0.1, 0.15) is 11.7 Å². The maximum absolute atomic E-state index is 12.9. The first kappa shape index (κ1) is 17.1. The van der Waals surface area contributed by atoms with E-state index in [1.54, 1.807) is 6.07 Å². The fourth-order valence-electron chi connectivity index (χ4n) is 2.46. The summed E-state index contributed by atoms with van der Waals surface area (Å²) in [5, 5.41) is 2.74. The van der Waals surface area contributed by atoms with Crippen LogP contribution in [0.1, 0.15) is 11.1 Å². The number of carbonyl (C=O) groups is 1. The van der Waals surface area contributed by atoms with Crippen LogP contribution >= 0.6 is 0 Å². The molecule has 2 amide bonds. The van der Waals surface area contributed by atoms with E-state index in [4.69, 9.17) is 4.74 Å². The molecule has 0 saturated carbocycles. The van der Waals surface area contributed by atoms with Gasteiger partial charge in [0.25, 0.3) is 0 Å². The number of alkyl halides is 3. The largest absolute Gasteiger partial charge is 0.470 e. The van der Waals surface area contributed by atoms with Gasteiger partial charge in [-0.1, -0.05) is 12.1 Å². The highest BCUT2D eigenvalue weighted by atomic mass is 19.4. The number of aryl methyl sites for hydroxylation is 1. The highest BCUT2D eigenvalue weighted by molar-refractivity contribution is 5.90. The van der Waals surface area contributed by atoms with E-state index in [0.29, 0.717) is 5.69 Å². The quantitative estimate of drug-likeness (QED) is 0.917. The molecule has 2 heterocycles. The molecule has 3 rings (SSSR count). The van der Waals surface area contributed by atoms with E-state index < -0.39 is 23.7 Å². The van der Waals surface area contributed by atoms with Gasteiger partial charge in [-0.25, -0.2) is 9.78 Å². The number of nitrogens with one attached hydrogen (secondary N) is 1. The lowest BCUT2D eigenvalue weighted by molar-refractivity contribution is -0.140. The minimum Gasteiger partial charge on any atom is -0.470 e. The molecule has 2 aromatic rings. The zero-order valence-corrected chi connectivity index (χ0v) is 13.4. The molecule has 0 spiro atoms. The van der Waals surface area contributed by atoms with Gasteiger partial charge in [-0.05, 0) is 36.8 Å². The molecule has 8 heteroatoms. The number of rotatable bonds is 3. The number of hydrogen-bond acceptors (Lipinski definition) is 3. The fourth-order valence-corrected chi connectivity index (χ4v) is 2.46. The smallest absolute Gasteiger partial charge is 0.421 e. The van der Waals surface area contributed by atoms with Crippen molar-refractivity contribution in [3.8, 4) is 5.88 Å². The van der Waals surface area contributed by atoms with Crippen LogP contribution in [0.5, 0.6) is 5.88 Å². The minimum atomic E-state index is -4.53. The van der Waals surface area contributed by atoms with Crippen LogP contribution in [0.4, 0.5) is 23.7 Å². The van der Waals surface area contributed by atoms with Crippen LogP contribution in [0.2, 0.25) is 0 Å². The molecule has 1 N–H and O–H groups in total.